The fourth-order valence-electron chi connectivity index (χ4n) is 1.81. The molecule has 6 heteroatoms. The van der Waals surface area contributed by atoms with Gasteiger partial charge in [0.15, 0.2) is 0 Å². The van der Waals surface area contributed by atoms with E-state index in [-0.39, 0.29) is 11.6 Å². The second kappa shape index (κ2) is 7.23. The Kier molecular flexibility index (Phi) is 5.95. The number of halogens is 1. The van der Waals surface area contributed by atoms with Crippen LogP contribution >= 0.6 is 15.9 Å². The van der Waals surface area contributed by atoms with Gasteiger partial charge in [-0.2, -0.15) is 0 Å². The van der Waals surface area contributed by atoms with E-state index in [1.54, 1.807) is 17.9 Å². The number of nitrogens with zero attached hydrogens (tertiary/aromatic N) is 2. The highest BCUT2D eigenvalue weighted by atomic mass is 79.9. The van der Waals surface area contributed by atoms with E-state index in [2.05, 4.69) is 15.9 Å². The Balaban J connectivity index is 3.08. The van der Waals surface area contributed by atoms with E-state index >= 15 is 0 Å². The third-order valence-electron chi connectivity index (χ3n) is 2.80. The van der Waals surface area contributed by atoms with Gasteiger partial charge in [-0.05, 0) is 18.9 Å². The molecule has 0 bridgehead atoms. The van der Waals surface area contributed by atoms with Crippen molar-refractivity contribution in [2.45, 2.75) is 20.3 Å². The fourth-order valence-corrected chi connectivity index (χ4v) is 2.24. The molecule has 0 aromatic heterocycles. The zero-order valence-electron chi connectivity index (χ0n) is 11.1. The van der Waals surface area contributed by atoms with Crippen LogP contribution in [0.1, 0.15) is 29.3 Å². The summed E-state index contributed by atoms with van der Waals surface area (Å²) in [7, 11) is 0. The second-order valence-corrected chi connectivity index (χ2v) is 5.03. The van der Waals surface area contributed by atoms with E-state index in [1.807, 2.05) is 6.92 Å². The number of amides is 1. The van der Waals surface area contributed by atoms with E-state index < -0.39 is 4.92 Å². The normalized spacial score (nSPS) is 10.3. The molecule has 0 heterocycles. The smallest absolute Gasteiger partial charge is 0.270 e. The number of non-ortho nitro benzene ring substituents is 1. The molecule has 1 aromatic carbocycles. The first-order chi connectivity index (χ1) is 9.01. The molecule has 0 spiro atoms. The molecule has 0 N–H and O–H groups in total. The highest BCUT2D eigenvalue weighted by molar-refractivity contribution is 9.09. The number of carbonyl (C=O) groups excluding carboxylic acids is 1. The van der Waals surface area contributed by atoms with Crippen molar-refractivity contribution >= 4 is 27.5 Å². The van der Waals surface area contributed by atoms with E-state index in [0.29, 0.717) is 24.0 Å². The molecular weight excluding hydrogens is 312 g/mol. The van der Waals surface area contributed by atoms with Crippen LogP contribution in [0.25, 0.3) is 0 Å². The predicted octanol–water partition coefficient (Wildman–Crippen LogP) is 3.15. The Morgan fingerprint density at radius 2 is 2.11 bits per heavy atom. The van der Waals surface area contributed by atoms with Crippen LogP contribution in [0.5, 0.6) is 0 Å². The first kappa shape index (κ1) is 15.6. The number of hydrogen-bond acceptors (Lipinski definition) is 3. The van der Waals surface area contributed by atoms with Crippen molar-refractivity contribution in [2.75, 3.05) is 18.4 Å². The lowest BCUT2D eigenvalue weighted by Crippen LogP contribution is -2.33. The summed E-state index contributed by atoms with van der Waals surface area (Å²) in [6.45, 7) is 5.02. The highest BCUT2D eigenvalue weighted by Gasteiger charge is 2.19. The SMILES string of the molecule is CCCN(CCBr)C(=O)c1cc([N+](=O)[O-])ccc1C. The van der Waals surface area contributed by atoms with Gasteiger partial charge in [-0.15, -0.1) is 0 Å². The van der Waals surface area contributed by atoms with Crippen molar-refractivity contribution in [1.29, 1.82) is 0 Å². The van der Waals surface area contributed by atoms with Gasteiger partial charge in [0.05, 0.1) is 4.92 Å². The van der Waals surface area contributed by atoms with Crippen LogP contribution in [-0.4, -0.2) is 34.2 Å². The number of carbonyl (C=O) groups is 1. The average molecular weight is 329 g/mol. The lowest BCUT2D eigenvalue weighted by atomic mass is 10.1. The third-order valence-corrected chi connectivity index (χ3v) is 3.15. The maximum Gasteiger partial charge on any atom is 0.270 e. The Bertz CT molecular complexity index is 471. The summed E-state index contributed by atoms with van der Waals surface area (Å²) in [5, 5.41) is 11.5. The summed E-state index contributed by atoms with van der Waals surface area (Å²) in [6.07, 6.45) is 0.854. The largest absolute Gasteiger partial charge is 0.338 e. The molecular formula is C13H17BrN2O3. The van der Waals surface area contributed by atoms with Crippen molar-refractivity contribution < 1.29 is 9.72 Å². The van der Waals surface area contributed by atoms with Crippen LogP contribution in [0, 0.1) is 17.0 Å². The summed E-state index contributed by atoms with van der Waals surface area (Å²) in [5.74, 6) is -0.150. The van der Waals surface area contributed by atoms with E-state index in [4.69, 9.17) is 0 Å². The highest BCUT2D eigenvalue weighted by Crippen LogP contribution is 2.19. The summed E-state index contributed by atoms with van der Waals surface area (Å²) in [4.78, 5) is 24.4. The van der Waals surface area contributed by atoms with Crippen molar-refractivity contribution in [1.82, 2.24) is 4.90 Å². The number of hydrogen-bond donors (Lipinski definition) is 0. The summed E-state index contributed by atoms with van der Waals surface area (Å²) in [6, 6.07) is 4.39. The molecule has 0 fully saturated rings. The molecule has 1 rings (SSSR count). The number of nitro benzene ring substituents is 1. The van der Waals surface area contributed by atoms with Crippen LogP contribution in [0.2, 0.25) is 0 Å². The molecule has 0 aliphatic rings. The van der Waals surface area contributed by atoms with Crippen LogP contribution in [0.3, 0.4) is 0 Å². The van der Waals surface area contributed by atoms with E-state index in [1.165, 1.54) is 12.1 Å². The van der Waals surface area contributed by atoms with Crippen LogP contribution in [0.15, 0.2) is 18.2 Å². The molecule has 0 saturated heterocycles. The first-order valence-electron chi connectivity index (χ1n) is 6.11. The minimum atomic E-state index is -0.481. The summed E-state index contributed by atoms with van der Waals surface area (Å²) in [5.41, 5.74) is 1.11. The Hall–Kier alpha value is -1.43. The van der Waals surface area contributed by atoms with Gasteiger partial charge < -0.3 is 4.90 Å². The van der Waals surface area contributed by atoms with Gasteiger partial charge in [0.1, 0.15) is 0 Å². The monoisotopic (exact) mass is 328 g/mol. The number of aryl methyl sites for hydroxylation is 1. The van der Waals surface area contributed by atoms with Crippen molar-refractivity contribution in [3.05, 3.63) is 39.4 Å². The maximum atomic E-state index is 12.4. The van der Waals surface area contributed by atoms with Crippen molar-refractivity contribution in [3.63, 3.8) is 0 Å². The van der Waals surface area contributed by atoms with Crippen molar-refractivity contribution in [2.24, 2.45) is 0 Å². The van der Waals surface area contributed by atoms with Crippen LogP contribution in [-0.2, 0) is 0 Å². The predicted molar refractivity (Wildman–Crippen MR) is 77.8 cm³/mol. The molecule has 0 aliphatic carbocycles. The molecule has 0 radical (unpaired) electrons. The van der Waals surface area contributed by atoms with Gasteiger partial charge in [-0.3, -0.25) is 14.9 Å². The van der Waals surface area contributed by atoms with Crippen LogP contribution in [0.4, 0.5) is 5.69 Å². The molecule has 0 saturated carbocycles. The Morgan fingerprint density at radius 1 is 1.42 bits per heavy atom. The third kappa shape index (κ3) is 4.02. The molecule has 0 atom stereocenters. The molecule has 1 aromatic rings. The summed E-state index contributed by atoms with van der Waals surface area (Å²) >= 11 is 3.31. The number of nitro groups is 1. The Labute approximate surface area is 120 Å². The van der Waals surface area contributed by atoms with Gasteiger partial charge in [-0.1, -0.05) is 28.9 Å². The minimum Gasteiger partial charge on any atom is -0.338 e. The van der Waals surface area contributed by atoms with E-state index in [9.17, 15) is 14.9 Å². The number of rotatable bonds is 6. The standard InChI is InChI=1S/C13H17BrN2O3/c1-3-7-15(8-6-14)13(17)12-9-11(16(18)19)5-4-10(12)2/h4-5,9H,3,6-8H2,1-2H3. The quantitative estimate of drug-likeness (QED) is 0.457. The molecule has 104 valence electrons. The average Bonchev–Trinajstić information content (AvgIpc) is 2.38. The summed E-state index contributed by atoms with van der Waals surface area (Å²) < 4.78 is 0. The number of alkyl halides is 1. The molecule has 0 aliphatic heterocycles. The first-order valence-corrected chi connectivity index (χ1v) is 7.23. The lowest BCUT2D eigenvalue weighted by molar-refractivity contribution is -0.384. The van der Waals surface area contributed by atoms with E-state index in [0.717, 1.165) is 12.0 Å². The maximum absolute atomic E-state index is 12.4. The molecule has 19 heavy (non-hydrogen) atoms. The Morgan fingerprint density at radius 3 is 2.63 bits per heavy atom. The minimum absolute atomic E-state index is 0.0516. The van der Waals surface area contributed by atoms with Gasteiger partial charge in [-0.25, -0.2) is 0 Å². The van der Waals surface area contributed by atoms with Crippen molar-refractivity contribution in [3.8, 4) is 0 Å². The molecule has 0 unspecified atom stereocenters. The van der Waals surface area contributed by atoms with Gasteiger partial charge in [0.2, 0.25) is 0 Å². The van der Waals surface area contributed by atoms with Crippen LogP contribution < -0.4 is 0 Å². The van der Waals surface area contributed by atoms with Gasteiger partial charge in [0.25, 0.3) is 11.6 Å². The molecule has 5 nitrogen and oxygen atoms in total. The number of benzene rings is 1. The second-order valence-electron chi connectivity index (χ2n) is 4.24. The molecule has 1 amide bonds. The fraction of sp³-hybridized carbons (Fsp3) is 0.462. The topological polar surface area (TPSA) is 63.5 Å². The zero-order chi connectivity index (χ0) is 14.4. The zero-order valence-corrected chi connectivity index (χ0v) is 12.6. The van der Waals surface area contributed by atoms with Gasteiger partial charge >= 0.3 is 0 Å². The van der Waals surface area contributed by atoms with Gasteiger partial charge in [0, 0.05) is 36.1 Å². The lowest BCUT2D eigenvalue weighted by Gasteiger charge is -2.21.